The van der Waals surface area contributed by atoms with E-state index in [1.165, 1.54) is 11.6 Å². The first-order valence-electron chi connectivity index (χ1n) is 10.3. The summed E-state index contributed by atoms with van der Waals surface area (Å²) in [6.45, 7) is 5.95. The monoisotopic (exact) mass is 437 g/mol. The number of carbonyl (C=O) groups is 2. The molecule has 1 atom stereocenters. The number of amides is 1. The summed E-state index contributed by atoms with van der Waals surface area (Å²) in [7, 11) is 0. The van der Waals surface area contributed by atoms with Crippen molar-refractivity contribution in [2.75, 3.05) is 18.5 Å². The fourth-order valence-corrected chi connectivity index (χ4v) is 3.34. The molecule has 1 N–H and O–H groups in total. The van der Waals surface area contributed by atoms with Crippen LogP contribution in [0.15, 0.2) is 47.3 Å². The number of ether oxygens (including phenoxy) is 3. The zero-order valence-electron chi connectivity index (χ0n) is 18.0. The zero-order valence-corrected chi connectivity index (χ0v) is 18.0. The van der Waals surface area contributed by atoms with Crippen LogP contribution < -0.4 is 20.3 Å². The highest BCUT2D eigenvalue weighted by molar-refractivity contribution is 6.03. The molecule has 0 unspecified atom stereocenters. The summed E-state index contributed by atoms with van der Waals surface area (Å²) in [5.74, 6) is -0.172. The van der Waals surface area contributed by atoms with Crippen molar-refractivity contribution in [3.8, 4) is 11.5 Å². The quantitative estimate of drug-likeness (QED) is 0.611. The van der Waals surface area contributed by atoms with Crippen LogP contribution in [-0.4, -0.2) is 41.0 Å². The van der Waals surface area contributed by atoms with Crippen LogP contribution in [0.25, 0.3) is 10.8 Å². The van der Waals surface area contributed by atoms with Gasteiger partial charge in [0, 0.05) is 17.1 Å². The van der Waals surface area contributed by atoms with Crippen LogP contribution in [0.5, 0.6) is 11.5 Å². The van der Waals surface area contributed by atoms with Gasteiger partial charge in [0.25, 0.3) is 11.5 Å². The van der Waals surface area contributed by atoms with Crippen LogP contribution in [0.1, 0.15) is 37.3 Å². The minimum Gasteiger partial charge on any atom is -0.486 e. The van der Waals surface area contributed by atoms with E-state index in [4.69, 9.17) is 14.2 Å². The first-order valence-corrected chi connectivity index (χ1v) is 10.3. The molecule has 3 aromatic rings. The number of carbonyl (C=O) groups excluding carboxylic acids is 2. The van der Waals surface area contributed by atoms with Crippen molar-refractivity contribution in [2.45, 2.75) is 32.9 Å². The SMILES string of the molecule is CC(C)n1nc(C(=O)O[C@@H](C)C(=O)Nc2ccc3c(c2)OCCO3)c2ccccc2c1=O. The van der Waals surface area contributed by atoms with Gasteiger partial charge in [-0.15, -0.1) is 0 Å². The summed E-state index contributed by atoms with van der Waals surface area (Å²) in [6.07, 6.45) is -1.10. The van der Waals surface area contributed by atoms with E-state index in [1.807, 2.05) is 0 Å². The Hall–Kier alpha value is -3.88. The van der Waals surface area contributed by atoms with E-state index in [-0.39, 0.29) is 17.3 Å². The Kier molecular flexibility index (Phi) is 5.81. The smallest absolute Gasteiger partial charge is 0.360 e. The van der Waals surface area contributed by atoms with E-state index in [2.05, 4.69) is 10.4 Å². The average Bonchev–Trinajstić information content (AvgIpc) is 2.79. The second kappa shape index (κ2) is 8.70. The number of benzene rings is 2. The summed E-state index contributed by atoms with van der Waals surface area (Å²) in [6, 6.07) is 11.5. The molecular formula is C23H23N3O6. The summed E-state index contributed by atoms with van der Waals surface area (Å²) < 4.78 is 17.6. The lowest BCUT2D eigenvalue weighted by atomic mass is 10.1. The fraction of sp³-hybridized carbons (Fsp3) is 0.304. The lowest BCUT2D eigenvalue weighted by Gasteiger charge is -2.19. The molecule has 9 nitrogen and oxygen atoms in total. The van der Waals surface area contributed by atoms with Gasteiger partial charge in [-0.2, -0.15) is 5.10 Å². The topological polar surface area (TPSA) is 109 Å². The molecule has 9 heteroatoms. The van der Waals surface area contributed by atoms with Crippen LogP contribution in [0.3, 0.4) is 0 Å². The van der Waals surface area contributed by atoms with E-state index >= 15 is 0 Å². The van der Waals surface area contributed by atoms with Crippen molar-refractivity contribution in [1.29, 1.82) is 0 Å². The van der Waals surface area contributed by atoms with Crippen molar-refractivity contribution in [3.63, 3.8) is 0 Å². The summed E-state index contributed by atoms with van der Waals surface area (Å²) in [5, 5.41) is 7.64. The van der Waals surface area contributed by atoms with Crippen molar-refractivity contribution in [3.05, 3.63) is 58.5 Å². The molecule has 0 fully saturated rings. The van der Waals surface area contributed by atoms with Gasteiger partial charge < -0.3 is 19.5 Å². The maximum absolute atomic E-state index is 12.9. The molecule has 0 saturated heterocycles. The van der Waals surface area contributed by atoms with Crippen molar-refractivity contribution < 1.29 is 23.8 Å². The number of anilines is 1. The van der Waals surface area contributed by atoms with E-state index in [0.717, 1.165) is 0 Å². The van der Waals surface area contributed by atoms with E-state index in [0.29, 0.717) is 41.2 Å². The van der Waals surface area contributed by atoms with Gasteiger partial charge >= 0.3 is 5.97 Å². The van der Waals surface area contributed by atoms with Gasteiger partial charge in [-0.1, -0.05) is 18.2 Å². The lowest BCUT2D eigenvalue weighted by molar-refractivity contribution is -0.123. The Labute approximate surface area is 183 Å². The predicted octanol–water partition coefficient (Wildman–Crippen LogP) is 2.93. The lowest BCUT2D eigenvalue weighted by Crippen LogP contribution is -2.32. The van der Waals surface area contributed by atoms with Gasteiger partial charge in [0.15, 0.2) is 23.3 Å². The third kappa shape index (κ3) is 4.14. The van der Waals surface area contributed by atoms with E-state index in [9.17, 15) is 14.4 Å². The Morgan fingerprint density at radius 2 is 1.72 bits per heavy atom. The first-order chi connectivity index (χ1) is 15.3. The van der Waals surface area contributed by atoms with Crippen LogP contribution in [0, 0.1) is 0 Å². The molecule has 2 heterocycles. The molecule has 166 valence electrons. The van der Waals surface area contributed by atoms with Crippen LogP contribution in [0.2, 0.25) is 0 Å². The van der Waals surface area contributed by atoms with Gasteiger partial charge in [-0.25, -0.2) is 9.48 Å². The van der Waals surface area contributed by atoms with E-state index < -0.39 is 18.0 Å². The molecule has 1 aromatic heterocycles. The molecule has 0 aliphatic carbocycles. The minimum absolute atomic E-state index is 0.0205. The van der Waals surface area contributed by atoms with Gasteiger partial charge in [0.05, 0.1) is 11.4 Å². The van der Waals surface area contributed by atoms with Crippen LogP contribution >= 0.6 is 0 Å². The highest BCUT2D eigenvalue weighted by Gasteiger charge is 2.24. The number of fused-ring (bicyclic) bond motifs is 2. The van der Waals surface area contributed by atoms with Crippen molar-refractivity contribution in [2.24, 2.45) is 0 Å². The molecule has 1 aliphatic heterocycles. The highest BCUT2D eigenvalue weighted by Crippen LogP contribution is 2.32. The standard InChI is InChI=1S/C23H23N3O6/c1-13(2)26-22(28)17-7-5-4-6-16(17)20(25-26)23(29)32-14(3)21(27)24-15-8-9-18-19(12-15)31-11-10-30-18/h4-9,12-14H,10-11H2,1-3H3,(H,24,27)/t14-/m0/s1. The Bertz CT molecular complexity index is 1250. The van der Waals surface area contributed by atoms with Gasteiger partial charge in [-0.05, 0) is 39.0 Å². The summed E-state index contributed by atoms with van der Waals surface area (Å²) in [4.78, 5) is 38.1. The molecule has 0 spiro atoms. The Balaban J connectivity index is 1.53. The minimum atomic E-state index is -1.10. The molecule has 1 amide bonds. The maximum Gasteiger partial charge on any atom is 0.360 e. The predicted molar refractivity (Wildman–Crippen MR) is 117 cm³/mol. The largest absolute Gasteiger partial charge is 0.486 e. The number of nitrogens with zero attached hydrogens (tertiary/aromatic N) is 2. The number of aromatic nitrogens is 2. The third-order valence-corrected chi connectivity index (χ3v) is 4.97. The normalized spacial score (nSPS) is 13.6. The third-order valence-electron chi connectivity index (χ3n) is 4.97. The second-order valence-corrected chi connectivity index (χ2v) is 7.63. The zero-order chi connectivity index (χ0) is 22.8. The Morgan fingerprint density at radius 3 is 2.44 bits per heavy atom. The fourth-order valence-electron chi connectivity index (χ4n) is 3.34. The van der Waals surface area contributed by atoms with Crippen LogP contribution in [0.4, 0.5) is 5.69 Å². The number of esters is 1. The van der Waals surface area contributed by atoms with Crippen LogP contribution in [-0.2, 0) is 9.53 Å². The molecule has 32 heavy (non-hydrogen) atoms. The van der Waals surface area contributed by atoms with Crippen molar-refractivity contribution in [1.82, 2.24) is 9.78 Å². The molecule has 0 saturated carbocycles. The molecule has 0 bridgehead atoms. The number of rotatable bonds is 5. The highest BCUT2D eigenvalue weighted by atomic mass is 16.6. The molecule has 4 rings (SSSR count). The number of nitrogens with one attached hydrogen (secondary N) is 1. The van der Waals surface area contributed by atoms with Crippen molar-refractivity contribution >= 4 is 28.3 Å². The second-order valence-electron chi connectivity index (χ2n) is 7.63. The van der Waals surface area contributed by atoms with Gasteiger partial charge in [0.2, 0.25) is 0 Å². The Morgan fingerprint density at radius 1 is 1.03 bits per heavy atom. The first kappa shape index (κ1) is 21.4. The number of hydrogen-bond acceptors (Lipinski definition) is 7. The molecule has 0 radical (unpaired) electrons. The maximum atomic E-state index is 12.9. The summed E-state index contributed by atoms with van der Waals surface area (Å²) in [5.41, 5.74) is 0.170. The molecule has 2 aromatic carbocycles. The molecule has 1 aliphatic rings. The summed E-state index contributed by atoms with van der Waals surface area (Å²) >= 11 is 0. The average molecular weight is 437 g/mol. The molecular weight excluding hydrogens is 414 g/mol. The number of hydrogen-bond donors (Lipinski definition) is 1. The van der Waals surface area contributed by atoms with Gasteiger partial charge in [0.1, 0.15) is 13.2 Å². The van der Waals surface area contributed by atoms with E-state index in [1.54, 1.807) is 56.3 Å². The van der Waals surface area contributed by atoms with Gasteiger partial charge in [-0.3, -0.25) is 9.59 Å².